The number of methoxy groups -OCH3 is 1. The van der Waals surface area contributed by atoms with Crippen LogP contribution in [0.3, 0.4) is 0 Å². The molecule has 1 aliphatic carbocycles. The third-order valence-corrected chi connectivity index (χ3v) is 6.21. The fourth-order valence-electron chi connectivity index (χ4n) is 4.63. The molecule has 3 aromatic rings. The Bertz CT molecular complexity index is 1110. The smallest absolute Gasteiger partial charge is 0.165 e. The van der Waals surface area contributed by atoms with Crippen molar-refractivity contribution in [2.45, 2.75) is 59.4 Å². The minimum Gasteiger partial charge on any atom is -0.497 e. The van der Waals surface area contributed by atoms with Crippen molar-refractivity contribution in [2.75, 3.05) is 25.1 Å². The van der Waals surface area contributed by atoms with Crippen LogP contribution in [0, 0.1) is 11.8 Å². The Morgan fingerprint density at radius 1 is 1.26 bits per heavy atom. The lowest BCUT2D eigenvalue weighted by molar-refractivity contribution is 0.414. The van der Waals surface area contributed by atoms with E-state index < -0.39 is 0 Å². The Kier molecular flexibility index (Phi) is 6.20. The molecule has 164 valence electrons. The molecule has 0 amide bonds. The summed E-state index contributed by atoms with van der Waals surface area (Å²) in [7, 11) is 1.66. The van der Waals surface area contributed by atoms with Crippen LogP contribution in [0.15, 0.2) is 23.4 Å². The Labute approximate surface area is 183 Å². The van der Waals surface area contributed by atoms with E-state index >= 15 is 0 Å². The molecular formula is C24H31N5O2. The third-order valence-electron chi connectivity index (χ3n) is 6.21. The van der Waals surface area contributed by atoms with Gasteiger partial charge in [0.25, 0.3) is 0 Å². The molecule has 4 rings (SSSR count). The maximum Gasteiger partial charge on any atom is 0.165 e. The lowest BCUT2D eigenvalue weighted by Crippen LogP contribution is -2.28. The predicted molar refractivity (Wildman–Crippen MR) is 124 cm³/mol. The van der Waals surface area contributed by atoms with Crippen LogP contribution >= 0.6 is 0 Å². The van der Waals surface area contributed by atoms with Crippen molar-refractivity contribution in [1.82, 2.24) is 14.6 Å². The Hall–Kier alpha value is -2.96. The van der Waals surface area contributed by atoms with Crippen molar-refractivity contribution in [3.05, 3.63) is 45.6 Å². The van der Waals surface area contributed by atoms with Crippen molar-refractivity contribution in [1.29, 1.82) is 0 Å². The van der Waals surface area contributed by atoms with E-state index in [0.29, 0.717) is 5.69 Å². The number of nitroso groups, excluding NO2 is 1. The van der Waals surface area contributed by atoms with Gasteiger partial charge in [-0.1, -0.05) is 24.6 Å². The number of hydrogen-bond donors (Lipinski definition) is 0. The standard InChI is InChI=1S/C24H31N5O2/c1-5-7-13-28(6-2)24-19-9-8-10-20(19)26-23-22(21(15-25-30)27-29(23)24)18-12-11-17(31-4)14-16(18)3/h11-12,14H,5-10,13,15H2,1-4H3. The summed E-state index contributed by atoms with van der Waals surface area (Å²) in [5.41, 5.74) is 6.94. The maximum atomic E-state index is 11.3. The molecule has 0 saturated carbocycles. The third kappa shape index (κ3) is 3.77. The minimum absolute atomic E-state index is 0.0232. The topological polar surface area (TPSA) is 72.1 Å². The number of aromatic nitrogens is 3. The normalized spacial score (nSPS) is 12.9. The van der Waals surface area contributed by atoms with Crippen LogP contribution in [-0.2, 0) is 19.4 Å². The molecule has 0 bridgehead atoms. The molecule has 0 atom stereocenters. The molecule has 0 aliphatic heterocycles. The SMILES string of the molecule is CCCCN(CC)c1c2c(nc3c(-c4ccc(OC)cc4C)c(CN=O)nn13)CCC2. The molecule has 31 heavy (non-hydrogen) atoms. The Morgan fingerprint density at radius 3 is 2.77 bits per heavy atom. The first kappa shape index (κ1) is 21.3. The fourth-order valence-corrected chi connectivity index (χ4v) is 4.63. The van der Waals surface area contributed by atoms with Gasteiger partial charge in [0.15, 0.2) is 5.65 Å². The van der Waals surface area contributed by atoms with Crippen molar-refractivity contribution < 1.29 is 4.74 Å². The van der Waals surface area contributed by atoms with E-state index in [1.54, 1.807) is 7.11 Å². The minimum atomic E-state index is 0.0232. The van der Waals surface area contributed by atoms with Crippen LogP contribution in [-0.4, -0.2) is 34.8 Å². The van der Waals surface area contributed by atoms with Gasteiger partial charge >= 0.3 is 0 Å². The molecule has 0 radical (unpaired) electrons. The molecule has 7 heteroatoms. The second kappa shape index (κ2) is 9.04. The van der Waals surface area contributed by atoms with Gasteiger partial charge in [-0.2, -0.15) is 14.5 Å². The second-order valence-electron chi connectivity index (χ2n) is 8.17. The van der Waals surface area contributed by atoms with E-state index in [1.165, 1.54) is 5.56 Å². The number of fused-ring (bicyclic) bond motifs is 2. The first-order chi connectivity index (χ1) is 15.1. The number of hydrogen-bond acceptors (Lipinski definition) is 6. The highest BCUT2D eigenvalue weighted by atomic mass is 16.5. The van der Waals surface area contributed by atoms with Crippen LogP contribution in [0.5, 0.6) is 5.75 Å². The number of aryl methyl sites for hydroxylation is 2. The number of rotatable bonds is 9. The van der Waals surface area contributed by atoms with Gasteiger partial charge in [0.1, 0.15) is 18.1 Å². The number of ether oxygens (including phenoxy) is 1. The van der Waals surface area contributed by atoms with Gasteiger partial charge in [0.05, 0.1) is 18.4 Å². The molecule has 0 fully saturated rings. The van der Waals surface area contributed by atoms with Crippen molar-refractivity contribution in [3.8, 4) is 16.9 Å². The maximum absolute atomic E-state index is 11.3. The number of anilines is 1. The molecular weight excluding hydrogens is 390 g/mol. The molecule has 2 aromatic heterocycles. The highest BCUT2D eigenvalue weighted by molar-refractivity contribution is 5.84. The Morgan fingerprint density at radius 2 is 2.10 bits per heavy atom. The van der Waals surface area contributed by atoms with Gasteiger partial charge in [0.2, 0.25) is 0 Å². The predicted octanol–water partition coefficient (Wildman–Crippen LogP) is 5.09. The van der Waals surface area contributed by atoms with Crippen molar-refractivity contribution in [3.63, 3.8) is 0 Å². The molecule has 0 spiro atoms. The molecule has 7 nitrogen and oxygen atoms in total. The van der Waals surface area contributed by atoms with Crippen LogP contribution < -0.4 is 9.64 Å². The number of nitrogens with zero attached hydrogens (tertiary/aromatic N) is 5. The summed E-state index contributed by atoms with van der Waals surface area (Å²) in [6, 6.07) is 5.98. The summed E-state index contributed by atoms with van der Waals surface area (Å²) in [5, 5.41) is 8.09. The van der Waals surface area contributed by atoms with Gasteiger partial charge in [-0.3, -0.25) is 0 Å². The first-order valence-corrected chi connectivity index (χ1v) is 11.2. The van der Waals surface area contributed by atoms with Crippen LogP contribution in [0.25, 0.3) is 16.8 Å². The number of benzene rings is 1. The zero-order valence-electron chi connectivity index (χ0n) is 18.9. The average Bonchev–Trinajstić information content (AvgIpc) is 3.38. The zero-order chi connectivity index (χ0) is 22.0. The van der Waals surface area contributed by atoms with Crippen LogP contribution in [0.2, 0.25) is 0 Å². The molecule has 0 N–H and O–H groups in total. The van der Waals surface area contributed by atoms with E-state index in [1.807, 2.05) is 29.6 Å². The van der Waals surface area contributed by atoms with E-state index in [9.17, 15) is 4.91 Å². The summed E-state index contributed by atoms with van der Waals surface area (Å²) in [4.78, 5) is 18.8. The molecule has 1 aliphatic rings. The molecule has 2 heterocycles. The lowest BCUT2D eigenvalue weighted by Gasteiger charge is -2.26. The monoisotopic (exact) mass is 421 g/mol. The fraction of sp³-hybridized carbons (Fsp3) is 0.500. The largest absolute Gasteiger partial charge is 0.497 e. The average molecular weight is 422 g/mol. The highest BCUT2D eigenvalue weighted by Crippen LogP contribution is 2.38. The summed E-state index contributed by atoms with van der Waals surface area (Å²) in [5.74, 6) is 1.94. The molecule has 0 saturated heterocycles. The van der Waals surface area contributed by atoms with Crippen molar-refractivity contribution >= 4 is 11.5 Å². The summed E-state index contributed by atoms with van der Waals surface area (Å²) < 4.78 is 7.36. The summed E-state index contributed by atoms with van der Waals surface area (Å²) in [6.45, 7) is 8.37. The van der Waals surface area contributed by atoms with Gasteiger partial charge < -0.3 is 9.64 Å². The van der Waals surface area contributed by atoms with E-state index in [0.717, 1.165) is 84.8 Å². The van der Waals surface area contributed by atoms with Crippen LogP contribution in [0.1, 0.15) is 55.6 Å². The Balaban J connectivity index is 2.00. The van der Waals surface area contributed by atoms with E-state index in [2.05, 4.69) is 23.9 Å². The molecule has 1 aromatic carbocycles. The quantitative estimate of drug-likeness (QED) is 0.450. The van der Waals surface area contributed by atoms with Gasteiger partial charge in [-0.15, -0.1) is 0 Å². The first-order valence-electron chi connectivity index (χ1n) is 11.2. The van der Waals surface area contributed by atoms with Gasteiger partial charge in [-0.05, 0) is 62.8 Å². The van der Waals surface area contributed by atoms with Gasteiger partial charge in [0, 0.05) is 24.3 Å². The van der Waals surface area contributed by atoms with Crippen molar-refractivity contribution in [2.24, 2.45) is 5.18 Å². The van der Waals surface area contributed by atoms with E-state index in [4.69, 9.17) is 14.8 Å². The highest BCUT2D eigenvalue weighted by Gasteiger charge is 2.28. The summed E-state index contributed by atoms with van der Waals surface area (Å²) >= 11 is 0. The number of unbranched alkanes of at least 4 members (excludes halogenated alkanes) is 1. The zero-order valence-corrected chi connectivity index (χ0v) is 18.9. The van der Waals surface area contributed by atoms with Crippen LogP contribution in [0.4, 0.5) is 5.82 Å². The van der Waals surface area contributed by atoms with Gasteiger partial charge in [-0.25, -0.2) is 4.98 Å². The second-order valence-corrected chi connectivity index (χ2v) is 8.17. The lowest BCUT2D eigenvalue weighted by atomic mass is 10.00. The molecule has 0 unspecified atom stereocenters. The van der Waals surface area contributed by atoms with E-state index in [-0.39, 0.29) is 6.54 Å². The summed E-state index contributed by atoms with van der Waals surface area (Å²) in [6.07, 6.45) is 5.39.